The van der Waals surface area contributed by atoms with Crippen LogP contribution < -0.4 is 5.73 Å². The number of carbonyl (C=O) groups is 1. The second-order valence-electron chi connectivity index (χ2n) is 4.83. The van der Waals surface area contributed by atoms with E-state index in [2.05, 4.69) is 10.1 Å². The third kappa shape index (κ3) is 4.00. The second-order valence-corrected chi connectivity index (χ2v) is 4.83. The largest absolute Gasteiger partial charge is 0.384 e. The van der Waals surface area contributed by atoms with Crippen LogP contribution in [-0.2, 0) is 16.0 Å². The summed E-state index contributed by atoms with van der Waals surface area (Å²) in [6.07, 6.45) is 2.66. The highest BCUT2D eigenvalue weighted by Gasteiger charge is 2.26. The van der Waals surface area contributed by atoms with Gasteiger partial charge < -0.3 is 15.0 Å². The molecule has 1 fully saturated rings. The van der Waals surface area contributed by atoms with Gasteiger partial charge in [0.15, 0.2) is 5.82 Å². The summed E-state index contributed by atoms with van der Waals surface area (Å²) < 4.78 is 10.3. The summed E-state index contributed by atoms with van der Waals surface area (Å²) in [5, 5.41) is 3.94. The Balaban J connectivity index is 1.93. The molecule has 19 heavy (non-hydrogen) atoms. The molecule has 1 aromatic heterocycles. The van der Waals surface area contributed by atoms with E-state index in [4.69, 9.17) is 15.0 Å². The molecule has 0 saturated carbocycles. The minimum Gasteiger partial charge on any atom is -0.384 e. The molecule has 106 valence electrons. The van der Waals surface area contributed by atoms with E-state index in [1.165, 1.54) is 0 Å². The molecule has 0 radical (unpaired) electrons. The molecular formula is C12H20N4O3. The number of rotatable bonds is 6. The number of piperidine rings is 1. The zero-order valence-electron chi connectivity index (χ0n) is 11.2. The van der Waals surface area contributed by atoms with Crippen LogP contribution in [0.2, 0.25) is 0 Å². The smallest absolute Gasteiger partial charge is 0.231 e. The van der Waals surface area contributed by atoms with Crippen LogP contribution in [0.25, 0.3) is 0 Å². The van der Waals surface area contributed by atoms with E-state index >= 15 is 0 Å². The number of nitrogens with two attached hydrogens (primary N) is 1. The molecule has 0 aromatic carbocycles. The normalized spacial score (nSPS) is 20.6. The lowest BCUT2D eigenvalue weighted by Crippen LogP contribution is -2.40. The van der Waals surface area contributed by atoms with Crippen molar-refractivity contribution in [3.63, 3.8) is 0 Å². The molecule has 7 nitrogen and oxygen atoms in total. The molecule has 2 heterocycles. The number of carbonyl (C=O) groups excluding carboxylic acids is 1. The van der Waals surface area contributed by atoms with Gasteiger partial charge in [-0.2, -0.15) is 4.98 Å². The van der Waals surface area contributed by atoms with Crippen molar-refractivity contribution in [2.24, 2.45) is 5.73 Å². The minimum atomic E-state index is -0.299. The Labute approximate surface area is 112 Å². The van der Waals surface area contributed by atoms with Crippen molar-refractivity contribution in [1.29, 1.82) is 0 Å². The van der Waals surface area contributed by atoms with Crippen molar-refractivity contribution in [3.05, 3.63) is 11.7 Å². The van der Waals surface area contributed by atoms with Gasteiger partial charge in [0.1, 0.15) is 0 Å². The zero-order chi connectivity index (χ0) is 13.7. The molecule has 1 unspecified atom stereocenters. The van der Waals surface area contributed by atoms with Gasteiger partial charge in [-0.3, -0.25) is 9.69 Å². The Morgan fingerprint density at radius 2 is 2.47 bits per heavy atom. The summed E-state index contributed by atoms with van der Waals surface area (Å²) in [5.74, 6) is 1.22. The van der Waals surface area contributed by atoms with Crippen LogP contribution in [0, 0.1) is 0 Å². The molecule has 0 spiro atoms. The minimum absolute atomic E-state index is 0.192. The SMILES string of the molecule is COCCc1noc(C2CCCN(CC(N)=O)C2)n1. The van der Waals surface area contributed by atoms with Crippen molar-refractivity contribution in [3.8, 4) is 0 Å². The lowest BCUT2D eigenvalue weighted by Gasteiger charge is -2.29. The summed E-state index contributed by atoms with van der Waals surface area (Å²) in [4.78, 5) is 17.4. The molecule has 1 atom stereocenters. The van der Waals surface area contributed by atoms with Crippen LogP contribution >= 0.6 is 0 Å². The van der Waals surface area contributed by atoms with Gasteiger partial charge in [0.2, 0.25) is 11.8 Å². The summed E-state index contributed by atoms with van der Waals surface area (Å²) in [6, 6.07) is 0. The van der Waals surface area contributed by atoms with Crippen LogP contribution in [0.5, 0.6) is 0 Å². The van der Waals surface area contributed by atoms with Gasteiger partial charge in [-0.15, -0.1) is 0 Å². The fourth-order valence-corrected chi connectivity index (χ4v) is 2.35. The molecule has 1 saturated heterocycles. The molecule has 7 heteroatoms. The molecule has 0 aliphatic carbocycles. The molecule has 1 aromatic rings. The van der Waals surface area contributed by atoms with Crippen LogP contribution in [-0.4, -0.2) is 54.3 Å². The lowest BCUT2D eigenvalue weighted by atomic mass is 9.98. The van der Waals surface area contributed by atoms with Crippen molar-refractivity contribution < 1.29 is 14.1 Å². The number of likely N-dealkylation sites (tertiary alicyclic amines) is 1. The van der Waals surface area contributed by atoms with Crippen LogP contribution in [0.15, 0.2) is 4.52 Å². The van der Waals surface area contributed by atoms with E-state index in [0.717, 1.165) is 25.9 Å². The van der Waals surface area contributed by atoms with Crippen molar-refractivity contribution in [2.45, 2.75) is 25.2 Å². The quantitative estimate of drug-likeness (QED) is 0.775. The first kappa shape index (κ1) is 14.0. The summed E-state index contributed by atoms with van der Waals surface area (Å²) >= 11 is 0. The van der Waals surface area contributed by atoms with Gasteiger partial charge in [-0.25, -0.2) is 0 Å². The van der Waals surface area contributed by atoms with Crippen molar-refractivity contribution in [1.82, 2.24) is 15.0 Å². The average Bonchev–Trinajstić information content (AvgIpc) is 2.84. The predicted octanol–water partition coefficient (Wildman–Crippen LogP) is -0.0768. The fraction of sp³-hybridized carbons (Fsp3) is 0.750. The summed E-state index contributed by atoms with van der Waals surface area (Å²) in [7, 11) is 1.64. The Morgan fingerprint density at radius 1 is 1.63 bits per heavy atom. The molecule has 1 amide bonds. The molecule has 2 N–H and O–H groups in total. The molecule has 1 aliphatic rings. The first-order valence-corrected chi connectivity index (χ1v) is 6.51. The predicted molar refractivity (Wildman–Crippen MR) is 67.5 cm³/mol. The Hall–Kier alpha value is -1.47. The van der Waals surface area contributed by atoms with E-state index in [1.807, 2.05) is 4.90 Å². The van der Waals surface area contributed by atoms with Gasteiger partial charge in [-0.1, -0.05) is 5.16 Å². The van der Waals surface area contributed by atoms with Gasteiger partial charge in [-0.05, 0) is 19.4 Å². The molecule has 0 bridgehead atoms. The van der Waals surface area contributed by atoms with E-state index in [9.17, 15) is 4.79 Å². The van der Waals surface area contributed by atoms with Gasteiger partial charge in [0, 0.05) is 20.1 Å². The van der Waals surface area contributed by atoms with Gasteiger partial charge in [0.25, 0.3) is 0 Å². The third-order valence-corrected chi connectivity index (χ3v) is 3.25. The second kappa shape index (κ2) is 6.63. The van der Waals surface area contributed by atoms with Crippen LogP contribution in [0.1, 0.15) is 30.5 Å². The highest BCUT2D eigenvalue weighted by atomic mass is 16.5. The maximum atomic E-state index is 10.9. The van der Waals surface area contributed by atoms with E-state index in [-0.39, 0.29) is 11.8 Å². The maximum Gasteiger partial charge on any atom is 0.231 e. The Morgan fingerprint density at radius 3 is 3.21 bits per heavy atom. The number of ether oxygens (including phenoxy) is 1. The van der Waals surface area contributed by atoms with Crippen LogP contribution in [0.4, 0.5) is 0 Å². The third-order valence-electron chi connectivity index (χ3n) is 3.25. The number of methoxy groups -OCH3 is 1. The first-order chi connectivity index (χ1) is 9.19. The molecular weight excluding hydrogens is 248 g/mol. The van der Waals surface area contributed by atoms with Crippen LogP contribution in [0.3, 0.4) is 0 Å². The van der Waals surface area contributed by atoms with Crippen molar-refractivity contribution in [2.75, 3.05) is 33.4 Å². The maximum absolute atomic E-state index is 10.9. The lowest BCUT2D eigenvalue weighted by molar-refractivity contribution is -0.119. The number of hydrogen-bond donors (Lipinski definition) is 1. The van der Waals surface area contributed by atoms with Gasteiger partial charge in [0.05, 0.1) is 19.1 Å². The standard InChI is InChI=1S/C12H20N4O3/c1-18-6-4-11-14-12(19-15-11)9-3-2-5-16(7-9)8-10(13)17/h9H,2-8H2,1H3,(H2,13,17). The monoisotopic (exact) mass is 268 g/mol. The number of primary amides is 1. The molecule has 2 rings (SSSR count). The summed E-state index contributed by atoms with van der Waals surface area (Å²) in [6.45, 7) is 2.51. The topological polar surface area (TPSA) is 94.5 Å². The Kier molecular flexibility index (Phi) is 4.86. The number of amides is 1. The zero-order valence-corrected chi connectivity index (χ0v) is 11.2. The van der Waals surface area contributed by atoms with E-state index in [1.54, 1.807) is 7.11 Å². The number of aromatic nitrogens is 2. The first-order valence-electron chi connectivity index (χ1n) is 6.51. The highest BCUT2D eigenvalue weighted by Crippen LogP contribution is 2.25. The fourth-order valence-electron chi connectivity index (χ4n) is 2.35. The number of nitrogens with zero attached hydrogens (tertiary/aromatic N) is 3. The summed E-state index contributed by atoms with van der Waals surface area (Å²) in [5.41, 5.74) is 5.22. The Bertz CT molecular complexity index is 421. The number of hydrogen-bond acceptors (Lipinski definition) is 6. The highest BCUT2D eigenvalue weighted by molar-refractivity contribution is 5.75. The van der Waals surface area contributed by atoms with E-state index in [0.29, 0.717) is 31.3 Å². The van der Waals surface area contributed by atoms with Gasteiger partial charge >= 0.3 is 0 Å². The molecule has 1 aliphatic heterocycles. The van der Waals surface area contributed by atoms with Crippen molar-refractivity contribution >= 4 is 5.91 Å². The average molecular weight is 268 g/mol. The van der Waals surface area contributed by atoms with E-state index < -0.39 is 0 Å².